The van der Waals surface area contributed by atoms with Gasteiger partial charge in [-0.3, -0.25) is 15.1 Å². The Kier molecular flexibility index (Phi) is 7.67. The first-order valence-corrected chi connectivity index (χ1v) is 10.7. The molecule has 4 amide bonds. The van der Waals surface area contributed by atoms with E-state index in [1.165, 1.54) is 23.2 Å². The molecule has 4 N–H and O–H groups in total. The van der Waals surface area contributed by atoms with E-state index in [1.807, 2.05) is 0 Å². The van der Waals surface area contributed by atoms with Gasteiger partial charge in [-0.2, -0.15) is 0 Å². The van der Waals surface area contributed by atoms with Crippen LogP contribution in [0.5, 0.6) is 0 Å². The highest BCUT2D eigenvalue weighted by molar-refractivity contribution is 6.03. The van der Waals surface area contributed by atoms with Gasteiger partial charge in [0.15, 0.2) is 5.82 Å². The molecule has 10 nitrogen and oxygen atoms in total. The van der Waals surface area contributed by atoms with Crippen LogP contribution in [0.4, 0.5) is 19.7 Å². The van der Waals surface area contributed by atoms with Crippen molar-refractivity contribution >= 4 is 23.7 Å². The van der Waals surface area contributed by atoms with Gasteiger partial charge in [0.2, 0.25) is 0 Å². The third-order valence-electron chi connectivity index (χ3n) is 4.90. The number of amides is 4. The smallest absolute Gasteiger partial charge is 0.412 e. The topological polar surface area (TPSA) is 136 Å². The molecule has 1 aromatic heterocycles. The van der Waals surface area contributed by atoms with Crippen LogP contribution >= 0.6 is 0 Å². The van der Waals surface area contributed by atoms with Gasteiger partial charge < -0.3 is 25.4 Å². The Morgan fingerprint density at radius 3 is 2.53 bits per heavy atom. The summed E-state index contributed by atoms with van der Waals surface area (Å²) in [5, 5.41) is 4.83. The lowest BCUT2D eigenvalue weighted by Crippen LogP contribution is -2.41. The lowest BCUT2D eigenvalue weighted by atomic mass is 9.95. The van der Waals surface area contributed by atoms with Gasteiger partial charge in [0.1, 0.15) is 5.60 Å². The van der Waals surface area contributed by atoms with Crippen LogP contribution in [0, 0.1) is 5.82 Å². The molecule has 0 saturated carbocycles. The minimum Gasteiger partial charge on any atom is -0.444 e. The van der Waals surface area contributed by atoms with E-state index in [0.29, 0.717) is 37.6 Å². The number of benzene rings is 1. The molecule has 1 aliphatic heterocycles. The summed E-state index contributed by atoms with van der Waals surface area (Å²) >= 11 is 0. The lowest BCUT2D eigenvalue weighted by Gasteiger charge is -2.28. The predicted molar refractivity (Wildman–Crippen MR) is 123 cm³/mol. The predicted octanol–water partition coefficient (Wildman–Crippen LogP) is 2.88. The van der Waals surface area contributed by atoms with Crippen LogP contribution in [0.2, 0.25) is 0 Å². The summed E-state index contributed by atoms with van der Waals surface area (Å²) in [7, 11) is 0. The van der Waals surface area contributed by atoms with E-state index in [0.717, 1.165) is 0 Å². The average Bonchev–Trinajstić information content (AvgIpc) is 2.78. The zero-order valence-corrected chi connectivity index (χ0v) is 19.3. The van der Waals surface area contributed by atoms with Gasteiger partial charge in [-0.15, -0.1) is 0 Å². The number of primary amides is 1. The molecule has 1 saturated heterocycles. The van der Waals surface area contributed by atoms with E-state index in [4.69, 9.17) is 15.2 Å². The van der Waals surface area contributed by atoms with Crippen LogP contribution in [0.1, 0.15) is 36.8 Å². The van der Waals surface area contributed by atoms with Gasteiger partial charge in [-0.1, -0.05) is 12.1 Å². The zero-order valence-electron chi connectivity index (χ0n) is 19.3. The summed E-state index contributed by atoms with van der Waals surface area (Å²) in [4.78, 5) is 42.6. The zero-order chi connectivity index (χ0) is 24.9. The van der Waals surface area contributed by atoms with Crippen molar-refractivity contribution in [2.45, 2.75) is 32.9 Å². The largest absolute Gasteiger partial charge is 0.444 e. The number of rotatable bonds is 5. The van der Waals surface area contributed by atoms with Crippen molar-refractivity contribution in [1.82, 2.24) is 15.2 Å². The van der Waals surface area contributed by atoms with Crippen LogP contribution < -0.4 is 16.4 Å². The first-order valence-electron chi connectivity index (χ1n) is 10.7. The van der Waals surface area contributed by atoms with E-state index in [2.05, 4.69) is 15.6 Å². The summed E-state index contributed by atoms with van der Waals surface area (Å²) in [6.45, 7) is 6.29. The van der Waals surface area contributed by atoms with Crippen molar-refractivity contribution in [3.8, 4) is 11.1 Å². The van der Waals surface area contributed by atoms with Gasteiger partial charge in [0.05, 0.1) is 36.7 Å². The fourth-order valence-corrected chi connectivity index (χ4v) is 3.44. The monoisotopic (exact) mass is 473 g/mol. The maximum absolute atomic E-state index is 15.8. The number of hydrogen-bond acceptors (Lipinski definition) is 6. The maximum atomic E-state index is 15.8. The van der Waals surface area contributed by atoms with E-state index in [9.17, 15) is 14.4 Å². The van der Waals surface area contributed by atoms with Gasteiger partial charge in [0, 0.05) is 24.8 Å². The van der Waals surface area contributed by atoms with Crippen LogP contribution in [-0.2, 0) is 16.0 Å². The molecule has 182 valence electrons. The van der Waals surface area contributed by atoms with Crippen molar-refractivity contribution in [2.75, 3.05) is 31.6 Å². The number of hydrogen-bond donors (Lipinski definition) is 3. The number of nitrogens with zero attached hydrogens (tertiary/aromatic N) is 2. The Hall–Kier alpha value is -3.73. The van der Waals surface area contributed by atoms with E-state index < -0.39 is 29.4 Å². The molecule has 0 radical (unpaired) electrons. The molecule has 0 aliphatic carbocycles. The summed E-state index contributed by atoms with van der Waals surface area (Å²) < 4.78 is 26.3. The number of halogens is 1. The Bertz CT molecular complexity index is 1080. The number of aromatic nitrogens is 1. The second kappa shape index (κ2) is 10.5. The summed E-state index contributed by atoms with van der Waals surface area (Å²) in [6, 6.07) is 5.43. The average molecular weight is 474 g/mol. The van der Waals surface area contributed by atoms with Crippen LogP contribution in [0.25, 0.3) is 11.1 Å². The van der Waals surface area contributed by atoms with E-state index in [-0.39, 0.29) is 23.4 Å². The molecule has 0 spiro atoms. The van der Waals surface area contributed by atoms with Gasteiger partial charge in [-0.05, 0) is 38.5 Å². The molecule has 2 aromatic rings. The number of urea groups is 1. The second-order valence-corrected chi connectivity index (χ2v) is 8.60. The van der Waals surface area contributed by atoms with Crippen molar-refractivity contribution in [3.05, 3.63) is 47.5 Å². The number of morpholine rings is 1. The molecule has 1 aromatic carbocycles. The molecule has 1 aliphatic rings. The van der Waals surface area contributed by atoms with Crippen molar-refractivity contribution in [1.29, 1.82) is 0 Å². The molecule has 3 rings (SSSR count). The quantitative estimate of drug-likeness (QED) is 0.611. The highest BCUT2D eigenvalue weighted by Gasteiger charge is 2.28. The first-order chi connectivity index (χ1) is 16.1. The van der Waals surface area contributed by atoms with Gasteiger partial charge >= 0.3 is 12.1 Å². The number of carbonyl (C=O) groups is 3. The summed E-state index contributed by atoms with van der Waals surface area (Å²) in [5.74, 6) is -1.46. The molecule has 34 heavy (non-hydrogen) atoms. The molecule has 11 heteroatoms. The number of carbonyl (C=O) groups excluding carboxylic acids is 3. The minimum absolute atomic E-state index is 0.0176. The molecule has 0 bridgehead atoms. The molecule has 0 unspecified atom stereocenters. The second-order valence-electron chi connectivity index (χ2n) is 8.60. The summed E-state index contributed by atoms with van der Waals surface area (Å²) in [5.41, 5.74) is 5.05. The molecular formula is C23H28FN5O5. The fourth-order valence-electron chi connectivity index (χ4n) is 3.44. The SMILES string of the molecule is CC(C)(C)OC(=O)Nc1ccc(-c2cccnc2CNC(N)=O)c(C(=O)N2CCOCC2)c1F. The molecular weight excluding hydrogens is 445 g/mol. The van der Waals surface area contributed by atoms with Crippen molar-refractivity contribution in [3.63, 3.8) is 0 Å². The maximum Gasteiger partial charge on any atom is 0.412 e. The highest BCUT2D eigenvalue weighted by Crippen LogP contribution is 2.33. The van der Waals surface area contributed by atoms with Crippen LogP contribution in [-0.4, -0.2) is 59.8 Å². The van der Waals surface area contributed by atoms with Crippen molar-refractivity contribution in [2.24, 2.45) is 5.73 Å². The van der Waals surface area contributed by atoms with Gasteiger partial charge in [-0.25, -0.2) is 14.0 Å². The number of anilines is 1. The number of nitrogens with two attached hydrogens (primary N) is 1. The third-order valence-corrected chi connectivity index (χ3v) is 4.90. The Morgan fingerprint density at radius 2 is 1.88 bits per heavy atom. The van der Waals surface area contributed by atoms with Gasteiger partial charge in [0.25, 0.3) is 5.91 Å². The number of ether oxygens (including phenoxy) is 2. The standard InChI is InChI=1S/C23H28FN5O5/c1-23(2,3)34-22(32)28-16-7-6-15(14-5-4-8-26-17(14)13-27-21(25)31)18(19(16)24)20(30)29-9-11-33-12-10-29/h4-8H,9-13H2,1-3H3,(H,28,32)(H3,25,27,31). The minimum atomic E-state index is -0.905. The Morgan fingerprint density at radius 1 is 1.18 bits per heavy atom. The normalized spacial score (nSPS) is 13.8. The Balaban J connectivity index is 2.08. The third kappa shape index (κ3) is 6.19. The fraction of sp³-hybridized carbons (Fsp3) is 0.391. The lowest BCUT2D eigenvalue weighted by molar-refractivity contribution is 0.0300. The molecule has 2 heterocycles. The Labute approximate surface area is 196 Å². The van der Waals surface area contributed by atoms with E-state index >= 15 is 4.39 Å². The number of nitrogens with one attached hydrogen (secondary N) is 2. The molecule has 0 atom stereocenters. The highest BCUT2D eigenvalue weighted by atomic mass is 19.1. The van der Waals surface area contributed by atoms with Crippen molar-refractivity contribution < 1.29 is 28.2 Å². The van der Waals surface area contributed by atoms with Crippen LogP contribution in [0.3, 0.4) is 0 Å². The van der Waals surface area contributed by atoms with E-state index in [1.54, 1.807) is 32.9 Å². The van der Waals surface area contributed by atoms with Crippen LogP contribution in [0.15, 0.2) is 30.5 Å². The molecule has 1 fully saturated rings. The first kappa shape index (κ1) is 24.9. The summed E-state index contributed by atoms with van der Waals surface area (Å²) in [6.07, 6.45) is 0.663. The number of pyridine rings is 1.